The zero-order valence-corrected chi connectivity index (χ0v) is 16.0. The largest absolute Gasteiger partial charge is 0.313 e. The van der Waals surface area contributed by atoms with Crippen LogP contribution in [0.4, 0.5) is 0 Å². The highest BCUT2D eigenvalue weighted by molar-refractivity contribution is 7.79. The van der Waals surface area contributed by atoms with Gasteiger partial charge in [0.15, 0.2) is 0 Å². The average Bonchev–Trinajstić information content (AvgIpc) is 2.62. The summed E-state index contributed by atoms with van der Waals surface area (Å²) in [6, 6.07) is 20.4. The highest BCUT2D eigenvalue weighted by atomic mass is 31.2. The van der Waals surface area contributed by atoms with Crippen molar-refractivity contribution in [1.29, 1.82) is 0 Å². The SMILES string of the molecule is CC(C)[C@@H]1CC[C@@H](C)C[C@H]1P(=O)(c1ccccc1)c1ccccc1. The molecule has 0 spiro atoms. The van der Waals surface area contributed by atoms with E-state index in [1.165, 1.54) is 12.8 Å². The first kappa shape index (κ1) is 17.5. The second kappa shape index (κ2) is 7.28. The third-order valence-electron chi connectivity index (χ3n) is 5.73. The van der Waals surface area contributed by atoms with Crippen LogP contribution in [-0.2, 0) is 4.57 Å². The van der Waals surface area contributed by atoms with E-state index in [2.05, 4.69) is 45.0 Å². The zero-order valence-electron chi connectivity index (χ0n) is 15.1. The van der Waals surface area contributed by atoms with E-state index < -0.39 is 7.14 Å². The van der Waals surface area contributed by atoms with E-state index in [1.807, 2.05) is 36.4 Å². The summed E-state index contributed by atoms with van der Waals surface area (Å²) in [7, 11) is -2.65. The van der Waals surface area contributed by atoms with Crippen LogP contribution in [0.5, 0.6) is 0 Å². The van der Waals surface area contributed by atoms with E-state index in [0.29, 0.717) is 17.8 Å². The Morgan fingerprint density at radius 1 is 0.875 bits per heavy atom. The third-order valence-corrected chi connectivity index (χ3v) is 9.39. The van der Waals surface area contributed by atoms with E-state index in [4.69, 9.17) is 0 Å². The molecule has 2 aromatic carbocycles. The van der Waals surface area contributed by atoms with Crippen molar-refractivity contribution >= 4 is 17.8 Å². The van der Waals surface area contributed by atoms with Crippen LogP contribution in [0, 0.1) is 17.8 Å². The Labute approximate surface area is 146 Å². The Bertz CT molecular complexity index is 649. The van der Waals surface area contributed by atoms with Crippen molar-refractivity contribution in [2.24, 2.45) is 17.8 Å². The Morgan fingerprint density at radius 2 is 1.38 bits per heavy atom. The Kier molecular flexibility index (Phi) is 5.30. The molecule has 0 aliphatic heterocycles. The van der Waals surface area contributed by atoms with E-state index in [1.54, 1.807) is 0 Å². The summed E-state index contributed by atoms with van der Waals surface area (Å²) in [5.74, 6) is 1.77. The molecule has 0 radical (unpaired) electrons. The summed E-state index contributed by atoms with van der Waals surface area (Å²) in [5, 5.41) is 2.06. The summed E-state index contributed by atoms with van der Waals surface area (Å²) in [4.78, 5) is 0. The molecule has 0 heterocycles. The topological polar surface area (TPSA) is 17.1 Å². The van der Waals surface area contributed by atoms with Gasteiger partial charge in [0.05, 0.1) is 0 Å². The van der Waals surface area contributed by atoms with E-state index in [-0.39, 0.29) is 5.66 Å². The van der Waals surface area contributed by atoms with Crippen molar-refractivity contribution in [2.45, 2.75) is 45.7 Å². The van der Waals surface area contributed by atoms with Crippen molar-refractivity contribution in [1.82, 2.24) is 0 Å². The van der Waals surface area contributed by atoms with Gasteiger partial charge in [-0.05, 0) is 30.6 Å². The molecule has 2 aromatic rings. The molecular weight excluding hydrogens is 311 g/mol. The molecule has 0 aromatic heterocycles. The van der Waals surface area contributed by atoms with Gasteiger partial charge in [-0.15, -0.1) is 0 Å². The molecule has 1 fully saturated rings. The summed E-state index contributed by atoms with van der Waals surface area (Å²) in [6.07, 6.45) is 3.54. The fourth-order valence-corrected chi connectivity index (χ4v) is 8.38. The summed E-state index contributed by atoms with van der Waals surface area (Å²) < 4.78 is 14.6. The van der Waals surface area contributed by atoms with E-state index in [9.17, 15) is 4.57 Å². The van der Waals surface area contributed by atoms with Gasteiger partial charge < -0.3 is 4.57 Å². The van der Waals surface area contributed by atoms with E-state index in [0.717, 1.165) is 17.0 Å². The number of hydrogen-bond acceptors (Lipinski definition) is 1. The summed E-state index contributed by atoms with van der Waals surface area (Å²) >= 11 is 0. The highest BCUT2D eigenvalue weighted by Crippen LogP contribution is 2.57. The van der Waals surface area contributed by atoms with Gasteiger partial charge in [-0.2, -0.15) is 0 Å². The molecule has 1 aliphatic carbocycles. The van der Waals surface area contributed by atoms with Gasteiger partial charge in [-0.3, -0.25) is 0 Å². The van der Waals surface area contributed by atoms with Crippen LogP contribution < -0.4 is 10.6 Å². The predicted octanol–water partition coefficient (Wildman–Crippen LogP) is 5.46. The third kappa shape index (κ3) is 3.24. The van der Waals surface area contributed by atoms with Crippen molar-refractivity contribution in [3.8, 4) is 0 Å². The van der Waals surface area contributed by atoms with Crippen LogP contribution in [0.3, 0.4) is 0 Å². The minimum Gasteiger partial charge on any atom is -0.313 e. The Morgan fingerprint density at radius 3 is 1.83 bits per heavy atom. The van der Waals surface area contributed by atoms with Gasteiger partial charge in [-0.25, -0.2) is 0 Å². The van der Waals surface area contributed by atoms with Crippen LogP contribution in [-0.4, -0.2) is 5.66 Å². The van der Waals surface area contributed by atoms with Crippen molar-refractivity contribution in [3.63, 3.8) is 0 Å². The lowest BCUT2D eigenvalue weighted by molar-refractivity contribution is 0.238. The number of hydrogen-bond donors (Lipinski definition) is 0. The van der Waals surface area contributed by atoms with Crippen molar-refractivity contribution < 1.29 is 4.57 Å². The van der Waals surface area contributed by atoms with Crippen molar-refractivity contribution in [3.05, 3.63) is 60.7 Å². The zero-order chi connectivity index (χ0) is 17.2. The van der Waals surface area contributed by atoms with Gasteiger partial charge in [0.25, 0.3) is 0 Å². The Hall–Kier alpha value is -1.33. The molecular formula is C22H29OP. The minimum atomic E-state index is -2.65. The van der Waals surface area contributed by atoms with Crippen LogP contribution in [0.25, 0.3) is 0 Å². The standard InChI is InChI=1S/C22H29OP/c1-17(2)21-15-14-18(3)16-22(21)24(23,19-10-6-4-7-11-19)20-12-8-5-9-13-20/h4-13,17-18,21-22H,14-16H2,1-3H3/t18-,21+,22-/m1/s1. The molecule has 3 atom stereocenters. The maximum absolute atomic E-state index is 14.6. The molecule has 0 unspecified atom stereocenters. The molecule has 1 saturated carbocycles. The summed E-state index contributed by atoms with van der Waals surface area (Å²) in [5.41, 5.74) is 0.256. The predicted molar refractivity (Wildman–Crippen MR) is 105 cm³/mol. The van der Waals surface area contributed by atoms with Gasteiger partial charge in [0.1, 0.15) is 7.14 Å². The molecule has 128 valence electrons. The molecule has 0 N–H and O–H groups in total. The maximum Gasteiger partial charge on any atom is 0.146 e. The first-order valence-corrected chi connectivity index (χ1v) is 11.0. The molecule has 0 amide bonds. The monoisotopic (exact) mass is 340 g/mol. The fourth-order valence-electron chi connectivity index (χ4n) is 4.40. The van der Waals surface area contributed by atoms with Gasteiger partial charge >= 0.3 is 0 Å². The molecule has 1 aliphatic rings. The van der Waals surface area contributed by atoms with Gasteiger partial charge in [-0.1, -0.05) is 87.9 Å². The second-order valence-corrected chi connectivity index (χ2v) is 10.7. The normalized spacial score (nSPS) is 24.9. The lowest BCUT2D eigenvalue weighted by Gasteiger charge is -2.42. The molecule has 1 nitrogen and oxygen atoms in total. The molecule has 0 saturated heterocycles. The maximum atomic E-state index is 14.6. The van der Waals surface area contributed by atoms with Crippen LogP contribution in [0.15, 0.2) is 60.7 Å². The quantitative estimate of drug-likeness (QED) is 0.675. The molecule has 24 heavy (non-hydrogen) atoms. The lowest BCUT2D eigenvalue weighted by Crippen LogP contribution is -2.38. The van der Waals surface area contributed by atoms with Crippen LogP contribution in [0.2, 0.25) is 0 Å². The first-order chi connectivity index (χ1) is 11.5. The fraction of sp³-hybridized carbons (Fsp3) is 0.455. The van der Waals surface area contributed by atoms with Gasteiger partial charge in [0, 0.05) is 16.3 Å². The molecule has 3 rings (SSSR count). The van der Waals surface area contributed by atoms with Crippen LogP contribution >= 0.6 is 7.14 Å². The first-order valence-electron chi connectivity index (χ1n) is 9.24. The highest BCUT2D eigenvalue weighted by Gasteiger charge is 2.44. The second-order valence-electron chi connectivity index (χ2n) is 7.72. The van der Waals surface area contributed by atoms with E-state index >= 15 is 0 Å². The van der Waals surface area contributed by atoms with Crippen LogP contribution in [0.1, 0.15) is 40.0 Å². The summed E-state index contributed by atoms with van der Waals surface area (Å²) in [6.45, 7) is 6.92. The average molecular weight is 340 g/mol. The Balaban J connectivity index is 2.15. The van der Waals surface area contributed by atoms with Gasteiger partial charge in [0.2, 0.25) is 0 Å². The number of rotatable bonds is 4. The minimum absolute atomic E-state index is 0.256. The van der Waals surface area contributed by atoms with Crippen molar-refractivity contribution in [2.75, 3.05) is 0 Å². The lowest BCUT2D eigenvalue weighted by atomic mass is 9.77. The molecule has 2 heteroatoms. The smallest absolute Gasteiger partial charge is 0.146 e. The molecule has 0 bridgehead atoms. The number of benzene rings is 2.